The summed E-state index contributed by atoms with van der Waals surface area (Å²) in [6.45, 7) is 13.3. The van der Waals surface area contributed by atoms with E-state index >= 15 is 0 Å². The van der Waals surface area contributed by atoms with Gasteiger partial charge < -0.3 is 10.6 Å². The van der Waals surface area contributed by atoms with Gasteiger partial charge in [0.05, 0.1) is 5.41 Å². The van der Waals surface area contributed by atoms with Crippen LogP contribution in [0.3, 0.4) is 0 Å². The van der Waals surface area contributed by atoms with Crippen molar-refractivity contribution >= 4 is 5.91 Å². The third-order valence-electron chi connectivity index (χ3n) is 4.42. The fraction of sp³-hybridized carbons (Fsp3) is 0.611. The van der Waals surface area contributed by atoms with Crippen molar-refractivity contribution in [1.82, 2.24) is 4.90 Å². The van der Waals surface area contributed by atoms with Crippen LogP contribution in [0.4, 0.5) is 0 Å². The second-order valence-corrected chi connectivity index (χ2v) is 7.06. The maximum absolute atomic E-state index is 12.9. The number of aryl methyl sites for hydroxylation is 1. The summed E-state index contributed by atoms with van der Waals surface area (Å²) in [7, 11) is 0. The van der Waals surface area contributed by atoms with E-state index in [2.05, 4.69) is 38.1 Å². The summed E-state index contributed by atoms with van der Waals surface area (Å²) in [6.07, 6.45) is 0.943. The fourth-order valence-electron chi connectivity index (χ4n) is 2.11. The molecular formula is C18H30N2O. The molecule has 21 heavy (non-hydrogen) atoms. The summed E-state index contributed by atoms with van der Waals surface area (Å²) in [5.74, 6) is 0.123. The van der Waals surface area contributed by atoms with Crippen molar-refractivity contribution in [2.75, 3.05) is 6.54 Å². The van der Waals surface area contributed by atoms with E-state index in [9.17, 15) is 4.79 Å². The average molecular weight is 290 g/mol. The summed E-state index contributed by atoms with van der Waals surface area (Å²) in [6, 6.07) is 8.35. The number of benzene rings is 1. The van der Waals surface area contributed by atoms with Crippen molar-refractivity contribution in [2.24, 2.45) is 11.1 Å². The zero-order valence-corrected chi connectivity index (χ0v) is 14.4. The molecule has 3 heteroatoms. The van der Waals surface area contributed by atoms with Gasteiger partial charge in [-0.3, -0.25) is 4.79 Å². The van der Waals surface area contributed by atoms with Gasteiger partial charge in [0, 0.05) is 18.6 Å². The molecule has 0 aliphatic rings. The molecule has 0 fully saturated rings. The van der Waals surface area contributed by atoms with Crippen LogP contribution in [-0.2, 0) is 11.3 Å². The van der Waals surface area contributed by atoms with Gasteiger partial charge in [0.1, 0.15) is 0 Å². The molecule has 1 aromatic rings. The van der Waals surface area contributed by atoms with Crippen LogP contribution in [0.1, 0.15) is 52.2 Å². The highest BCUT2D eigenvalue weighted by Crippen LogP contribution is 2.31. The second kappa shape index (κ2) is 6.61. The Morgan fingerprint density at radius 1 is 1.14 bits per heavy atom. The summed E-state index contributed by atoms with van der Waals surface area (Å²) in [5.41, 5.74) is 7.46. The predicted octanol–water partition coefficient (Wildman–Crippen LogP) is 3.50. The van der Waals surface area contributed by atoms with Crippen LogP contribution in [0.2, 0.25) is 0 Å². The van der Waals surface area contributed by atoms with Crippen LogP contribution in [0, 0.1) is 12.3 Å². The number of carbonyl (C=O) groups excluding carboxylic acids is 1. The van der Waals surface area contributed by atoms with Gasteiger partial charge in [0.25, 0.3) is 0 Å². The topological polar surface area (TPSA) is 46.3 Å². The quantitative estimate of drug-likeness (QED) is 0.871. The van der Waals surface area contributed by atoms with Gasteiger partial charge in [-0.25, -0.2) is 0 Å². The van der Waals surface area contributed by atoms with E-state index in [0.717, 1.165) is 18.5 Å². The average Bonchev–Trinajstić information content (AvgIpc) is 2.38. The highest BCUT2D eigenvalue weighted by molar-refractivity contribution is 5.83. The Labute approximate surface area is 129 Å². The molecule has 0 radical (unpaired) electrons. The molecule has 0 saturated heterocycles. The molecule has 1 aromatic carbocycles. The van der Waals surface area contributed by atoms with Crippen LogP contribution in [0.15, 0.2) is 24.3 Å². The monoisotopic (exact) mass is 290 g/mol. The lowest BCUT2D eigenvalue weighted by atomic mass is 9.74. The standard InChI is InChI=1S/C18H30N2O/c1-7-12-20(13-15-10-8-14(2)9-11-15)16(21)17(3,4)18(5,6)19/h8-11H,7,12-13,19H2,1-6H3. The van der Waals surface area contributed by atoms with E-state index in [1.807, 2.05) is 32.6 Å². The van der Waals surface area contributed by atoms with Crippen molar-refractivity contribution in [3.05, 3.63) is 35.4 Å². The third-order valence-corrected chi connectivity index (χ3v) is 4.42. The van der Waals surface area contributed by atoms with Gasteiger partial charge in [-0.2, -0.15) is 0 Å². The molecule has 0 bridgehead atoms. The molecule has 0 aliphatic heterocycles. The van der Waals surface area contributed by atoms with Crippen LogP contribution in [-0.4, -0.2) is 22.9 Å². The van der Waals surface area contributed by atoms with Gasteiger partial charge in [-0.1, -0.05) is 36.8 Å². The summed E-state index contributed by atoms with van der Waals surface area (Å²) in [5, 5.41) is 0. The maximum atomic E-state index is 12.9. The molecular weight excluding hydrogens is 260 g/mol. The van der Waals surface area contributed by atoms with E-state index in [1.54, 1.807) is 0 Å². The van der Waals surface area contributed by atoms with Crippen molar-refractivity contribution in [3.8, 4) is 0 Å². The lowest BCUT2D eigenvalue weighted by molar-refractivity contribution is -0.144. The fourth-order valence-corrected chi connectivity index (χ4v) is 2.11. The molecule has 0 atom stereocenters. The van der Waals surface area contributed by atoms with Crippen molar-refractivity contribution in [3.63, 3.8) is 0 Å². The highest BCUT2D eigenvalue weighted by atomic mass is 16.2. The minimum Gasteiger partial charge on any atom is -0.338 e. The minimum atomic E-state index is -0.590. The van der Waals surface area contributed by atoms with Gasteiger partial charge >= 0.3 is 0 Å². The number of amides is 1. The number of rotatable bonds is 6. The molecule has 0 aliphatic carbocycles. The summed E-state index contributed by atoms with van der Waals surface area (Å²) < 4.78 is 0. The number of nitrogens with zero attached hydrogens (tertiary/aromatic N) is 1. The summed E-state index contributed by atoms with van der Waals surface area (Å²) in [4.78, 5) is 14.8. The van der Waals surface area contributed by atoms with E-state index in [1.165, 1.54) is 5.56 Å². The molecule has 2 N–H and O–H groups in total. The van der Waals surface area contributed by atoms with E-state index < -0.39 is 11.0 Å². The Bertz CT molecular complexity index is 469. The normalized spacial score (nSPS) is 12.3. The van der Waals surface area contributed by atoms with Crippen LogP contribution in [0.5, 0.6) is 0 Å². The van der Waals surface area contributed by atoms with Gasteiger partial charge in [0.15, 0.2) is 0 Å². The first-order valence-corrected chi connectivity index (χ1v) is 7.73. The molecule has 1 rings (SSSR count). The number of hydrogen-bond donors (Lipinski definition) is 1. The van der Waals surface area contributed by atoms with Crippen LogP contribution < -0.4 is 5.73 Å². The Morgan fingerprint density at radius 2 is 1.67 bits per heavy atom. The second-order valence-electron chi connectivity index (χ2n) is 7.06. The first-order valence-electron chi connectivity index (χ1n) is 7.73. The molecule has 0 unspecified atom stereocenters. The lowest BCUT2D eigenvalue weighted by Crippen LogP contribution is -2.56. The number of nitrogens with two attached hydrogens (primary N) is 1. The van der Waals surface area contributed by atoms with Crippen molar-refractivity contribution in [2.45, 2.75) is 60.0 Å². The van der Waals surface area contributed by atoms with E-state index in [0.29, 0.717) is 6.54 Å². The highest BCUT2D eigenvalue weighted by Gasteiger charge is 2.42. The first kappa shape index (κ1) is 17.7. The van der Waals surface area contributed by atoms with Gasteiger partial charge in [0.2, 0.25) is 5.91 Å². The molecule has 0 spiro atoms. The lowest BCUT2D eigenvalue weighted by Gasteiger charge is -2.40. The number of carbonyl (C=O) groups is 1. The molecule has 118 valence electrons. The van der Waals surface area contributed by atoms with Gasteiger partial charge in [-0.15, -0.1) is 0 Å². The zero-order valence-electron chi connectivity index (χ0n) is 14.4. The molecule has 3 nitrogen and oxygen atoms in total. The minimum absolute atomic E-state index is 0.123. The summed E-state index contributed by atoms with van der Waals surface area (Å²) >= 11 is 0. The molecule has 0 saturated carbocycles. The Balaban J connectivity index is 2.96. The van der Waals surface area contributed by atoms with Crippen LogP contribution >= 0.6 is 0 Å². The largest absolute Gasteiger partial charge is 0.338 e. The molecule has 1 amide bonds. The first-order chi connectivity index (χ1) is 9.59. The maximum Gasteiger partial charge on any atom is 0.230 e. The zero-order chi connectivity index (χ0) is 16.3. The Hall–Kier alpha value is -1.35. The van der Waals surface area contributed by atoms with Crippen LogP contribution in [0.25, 0.3) is 0 Å². The predicted molar refractivity (Wildman–Crippen MR) is 88.9 cm³/mol. The van der Waals surface area contributed by atoms with E-state index in [4.69, 9.17) is 5.73 Å². The third kappa shape index (κ3) is 4.31. The number of hydrogen-bond acceptors (Lipinski definition) is 2. The molecule has 0 aromatic heterocycles. The smallest absolute Gasteiger partial charge is 0.230 e. The Kier molecular flexibility index (Phi) is 5.57. The SMILES string of the molecule is CCCN(Cc1ccc(C)cc1)C(=O)C(C)(C)C(C)(C)N. The van der Waals surface area contributed by atoms with Gasteiger partial charge in [-0.05, 0) is 46.6 Å². The molecule has 0 heterocycles. The van der Waals surface area contributed by atoms with E-state index in [-0.39, 0.29) is 5.91 Å². The van der Waals surface area contributed by atoms with Crippen molar-refractivity contribution < 1.29 is 4.79 Å². The Morgan fingerprint density at radius 3 is 2.10 bits per heavy atom. The van der Waals surface area contributed by atoms with Crippen molar-refractivity contribution in [1.29, 1.82) is 0 Å².